The van der Waals surface area contributed by atoms with Crippen molar-refractivity contribution in [3.05, 3.63) is 111 Å². The van der Waals surface area contributed by atoms with Crippen molar-refractivity contribution in [2.45, 2.75) is 0 Å². The van der Waals surface area contributed by atoms with Crippen LogP contribution < -0.4 is 9.80 Å². The summed E-state index contributed by atoms with van der Waals surface area (Å²) in [4.78, 5) is 17.2. The molecule has 40 heavy (non-hydrogen) atoms. The van der Waals surface area contributed by atoms with Gasteiger partial charge in [0.1, 0.15) is 11.6 Å². The number of para-hydroxylation sites is 2. The number of pyridine rings is 2. The summed E-state index contributed by atoms with van der Waals surface area (Å²) in [5.41, 5.74) is 2.05. The third kappa shape index (κ3) is 10.0. The Bertz CT molecular complexity index is 1420. The van der Waals surface area contributed by atoms with Crippen LogP contribution in [0.15, 0.2) is 97.6 Å². The van der Waals surface area contributed by atoms with E-state index in [0.29, 0.717) is 0 Å². The molecule has 0 spiro atoms. The van der Waals surface area contributed by atoms with Crippen LogP contribution in [0.3, 0.4) is 0 Å². The Balaban J connectivity index is 0.000000177. The van der Waals surface area contributed by atoms with Crippen LogP contribution in [0, 0.1) is 13.3 Å². The van der Waals surface area contributed by atoms with Crippen LogP contribution in [0.5, 0.6) is 0 Å². The number of hydrogen-bond donors (Lipinski definition) is 0. The summed E-state index contributed by atoms with van der Waals surface area (Å²) >= 11 is 0. The first-order valence-electron chi connectivity index (χ1n) is 11.5. The summed E-state index contributed by atoms with van der Waals surface area (Å²) in [7, 11) is -6.66. The summed E-state index contributed by atoms with van der Waals surface area (Å²) in [6.07, 6.45) is 7.99. The van der Waals surface area contributed by atoms with Gasteiger partial charge < -0.3 is 19.6 Å². The number of halogens is 6. The molecular weight excluding hydrogens is 738 g/mol. The molecule has 0 amide bonds. The third-order valence-electron chi connectivity index (χ3n) is 5.23. The minimum atomic E-state index is -10.7. The fraction of sp³-hybridized carbons (Fsp3) is 0.0769. The predicted octanol–water partition coefficient (Wildman–Crippen LogP) is 8.53. The van der Waals surface area contributed by atoms with Crippen molar-refractivity contribution in [2.24, 2.45) is 0 Å². The Hall–Kier alpha value is -3.31. The molecule has 0 radical (unpaired) electrons. The minimum absolute atomic E-state index is 0. The van der Waals surface area contributed by atoms with E-state index in [1.807, 2.05) is 120 Å². The van der Waals surface area contributed by atoms with Crippen LogP contribution >= 0.6 is 7.81 Å². The normalized spacial score (nSPS) is 16.1. The topological polar surface area (TPSA) is 38.7 Å². The zero-order valence-electron chi connectivity index (χ0n) is 21.1. The summed E-state index contributed by atoms with van der Waals surface area (Å²) in [5, 5.41) is 2.34. The van der Waals surface area contributed by atoms with Gasteiger partial charge in [-0.15, -0.1) is 13.3 Å². The van der Waals surface area contributed by atoms with Gasteiger partial charge in [-0.2, -0.15) is 0 Å². The first kappa shape index (κ1) is 31.2. The number of fused-ring (bicyclic) bond motifs is 2. The molecule has 6 nitrogen and oxygen atoms in total. The smallest absolute Gasteiger partial charge is 3.00 e. The molecule has 2 aromatic carbocycles. The molecule has 0 aliphatic carbocycles. The number of rotatable bonds is 2. The van der Waals surface area contributed by atoms with E-state index >= 15 is 0 Å². The molecule has 2 aliphatic heterocycles. The van der Waals surface area contributed by atoms with Gasteiger partial charge in [0.15, 0.2) is 0 Å². The monoisotopic (exact) mass is 762 g/mol. The second-order valence-corrected chi connectivity index (χ2v) is 10.6. The van der Waals surface area contributed by atoms with Crippen molar-refractivity contribution >= 4 is 41.3 Å². The molecule has 2 aromatic heterocycles. The van der Waals surface area contributed by atoms with Crippen LogP contribution in [0.1, 0.15) is 0 Å². The van der Waals surface area contributed by atoms with E-state index in [1.54, 1.807) is 0 Å². The van der Waals surface area contributed by atoms with Gasteiger partial charge >= 0.3 is 55.4 Å². The Kier molecular flexibility index (Phi) is 8.81. The van der Waals surface area contributed by atoms with Crippen molar-refractivity contribution in [3.63, 3.8) is 0 Å². The van der Waals surface area contributed by atoms with Crippen molar-refractivity contribution in [1.82, 2.24) is 19.8 Å². The third-order valence-corrected chi connectivity index (χ3v) is 5.23. The Labute approximate surface area is 242 Å². The molecular formula is C26H24AuF6N6P. The molecule has 0 bridgehead atoms. The standard InChI is InChI=1S/2C13H12N3.Au.F6P/c2*1-15-8-9-16(10-15)13-7-6-11-4-2-3-5-12(11)14-13;;1-7(2,3,4,5)6/h2*2-10H,1H3;;/q2*-1;+3;-1. The average molecular weight is 762 g/mol. The van der Waals surface area contributed by atoms with Crippen LogP contribution in [0.4, 0.5) is 36.8 Å². The van der Waals surface area contributed by atoms with Gasteiger partial charge in [0, 0.05) is 10.8 Å². The van der Waals surface area contributed by atoms with E-state index in [1.165, 1.54) is 10.8 Å². The Morgan fingerprint density at radius 1 is 0.550 bits per heavy atom. The number of nitrogens with zero attached hydrogens (tertiary/aromatic N) is 6. The summed E-state index contributed by atoms with van der Waals surface area (Å²) in [5.74, 6) is 1.89. The maximum absolute atomic E-state index is 10.7. The quantitative estimate of drug-likeness (QED) is 0.0883. The maximum atomic E-state index is 9.87. The van der Waals surface area contributed by atoms with Crippen LogP contribution in [0.2, 0.25) is 0 Å². The van der Waals surface area contributed by atoms with Crippen molar-refractivity contribution < 1.29 is 47.6 Å². The van der Waals surface area contributed by atoms with E-state index in [4.69, 9.17) is 0 Å². The molecule has 0 saturated carbocycles. The Morgan fingerprint density at radius 3 is 1.23 bits per heavy atom. The van der Waals surface area contributed by atoms with Crippen LogP contribution in [-0.4, -0.2) is 33.9 Å². The van der Waals surface area contributed by atoms with Gasteiger partial charge in [-0.3, -0.25) is 0 Å². The molecule has 0 atom stereocenters. The molecule has 0 saturated heterocycles. The van der Waals surface area contributed by atoms with Crippen molar-refractivity contribution in [2.75, 3.05) is 23.9 Å². The van der Waals surface area contributed by atoms with E-state index in [-0.39, 0.29) is 22.4 Å². The predicted molar refractivity (Wildman–Crippen MR) is 144 cm³/mol. The second-order valence-electron chi connectivity index (χ2n) is 8.66. The number of benzene rings is 2. The summed E-state index contributed by atoms with van der Waals surface area (Å²) < 4.78 is 59.2. The van der Waals surface area contributed by atoms with Gasteiger partial charge in [0.25, 0.3) is 0 Å². The SMILES string of the molecule is CN1C=CN(c2ccc3ccccc3n2)[CH-]1.CN1C=CN(c2ccc3ccccc3n2)[CH-]1.F[P-](F)(F)(F)(F)F.[Au+3]. The maximum Gasteiger partial charge on any atom is 3.00 e. The van der Waals surface area contributed by atoms with Crippen molar-refractivity contribution in [3.8, 4) is 0 Å². The largest absolute Gasteiger partial charge is 3.00 e. The molecule has 0 unspecified atom stereocenters. The van der Waals surface area contributed by atoms with Crippen LogP contribution in [-0.2, 0) is 22.4 Å². The van der Waals surface area contributed by atoms with Gasteiger partial charge in [0.2, 0.25) is 0 Å². The number of aromatic nitrogens is 2. The van der Waals surface area contributed by atoms with Crippen molar-refractivity contribution in [1.29, 1.82) is 0 Å². The first-order valence-corrected chi connectivity index (χ1v) is 13.5. The zero-order chi connectivity index (χ0) is 28.3. The first-order chi connectivity index (χ1) is 18.1. The second kappa shape index (κ2) is 11.3. The zero-order valence-corrected chi connectivity index (χ0v) is 24.2. The summed E-state index contributed by atoms with van der Waals surface area (Å²) in [6.45, 7) is 3.99. The molecule has 0 N–H and O–H groups in total. The van der Waals surface area contributed by atoms with Gasteiger partial charge in [-0.05, 0) is 75.3 Å². The van der Waals surface area contributed by atoms with E-state index in [0.717, 1.165) is 22.7 Å². The number of hydrogen-bond acceptors (Lipinski definition) is 6. The van der Waals surface area contributed by atoms with E-state index < -0.39 is 7.81 Å². The molecule has 14 heteroatoms. The van der Waals surface area contributed by atoms with E-state index in [2.05, 4.69) is 34.2 Å². The molecule has 0 fully saturated rings. The minimum Gasteiger partial charge on any atom is 3.00 e. The Morgan fingerprint density at radius 2 is 0.900 bits per heavy atom. The fourth-order valence-corrected chi connectivity index (χ4v) is 3.57. The average Bonchev–Trinajstić information content (AvgIpc) is 3.50. The summed E-state index contributed by atoms with van der Waals surface area (Å²) in [6, 6.07) is 24.5. The van der Waals surface area contributed by atoms with Gasteiger partial charge in [-0.25, -0.2) is 9.97 Å². The van der Waals surface area contributed by atoms with E-state index in [9.17, 15) is 25.2 Å². The fourth-order valence-electron chi connectivity index (χ4n) is 3.57. The van der Waals surface area contributed by atoms with Gasteiger partial charge in [0.05, 0.1) is 11.0 Å². The molecule has 216 valence electrons. The molecule has 4 heterocycles. The number of anilines is 2. The molecule has 2 aliphatic rings. The molecule has 4 aromatic rings. The molecule has 6 rings (SSSR count). The van der Waals surface area contributed by atoms with Crippen LogP contribution in [0.25, 0.3) is 21.8 Å². The van der Waals surface area contributed by atoms with Gasteiger partial charge in [-0.1, -0.05) is 36.4 Å².